The fraction of sp³-hybridized carbons (Fsp3) is 0.353. The number of aryl methyl sites for hydroxylation is 1. The minimum Gasteiger partial charge on any atom is -0.291 e. The Kier molecular flexibility index (Phi) is 5.99. The van der Waals surface area contributed by atoms with Gasteiger partial charge in [-0.15, -0.1) is 0 Å². The number of non-ortho nitro benzene ring substituents is 1. The van der Waals surface area contributed by atoms with Crippen molar-refractivity contribution in [2.75, 3.05) is 5.43 Å². The van der Waals surface area contributed by atoms with Crippen molar-refractivity contribution >= 4 is 17.3 Å². The molecule has 132 valence electrons. The van der Waals surface area contributed by atoms with Gasteiger partial charge in [0.05, 0.1) is 10.6 Å². The van der Waals surface area contributed by atoms with Crippen LogP contribution in [0.1, 0.15) is 43.5 Å². The number of aromatic nitrogens is 2. The summed E-state index contributed by atoms with van der Waals surface area (Å²) < 4.78 is 0. The third-order valence-corrected chi connectivity index (χ3v) is 3.81. The maximum absolute atomic E-state index is 12.1. The molecule has 0 saturated heterocycles. The van der Waals surface area contributed by atoms with Crippen LogP contribution in [0.3, 0.4) is 0 Å². The minimum absolute atomic E-state index is 0.00490. The molecular weight excluding hydrogens is 322 g/mol. The molecule has 0 radical (unpaired) electrons. The fourth-order valence-corrected chi connectivity index (χ4v) is 2.36. The predicted octanol–water partition coefficient (Wildman–Crippen LogP) is 3.17. The topological polar surface area (TPSA) is 113 Å². The van der Waals surface area contributed by atoms with E-state index in [9.17, 15) is 14.9 Å². The third kappa shape index (κ3) is 4.72. The molecule has 0 saturated carbocycles. The molecule has 0 fully saturated rings. The molecule has 1 heterocycles. The van der Waals surface area contributed by atoms with E-state index in [4.69, 9.17) is 0 Å². The summed E-state index contributed by atoms with van der Waals surface area (Å²) in [6.07, 6.45) is 2.63. The van der Waals surface area contributed by atoms with E-state index in [0.29, 0.717) is 29.0 Å². The molecule has 1 aromatic carbocycles. The van der Waals surface area contributed by atoms with Crippen molar-refractivity contribution in [3.05, 3.63) is 61.6 Å². The van der Waals surface area contributed by atoms with E-state index in [0.717, 1.165) is 12.8 Å². The van der Waals surface area contributed by atoms with Gasteiger partial charge in [-0.3, -0.25) is 19.9 Å². The summed E-state index contributed by atoms with van der Waals surface area (Å²) in [6, 6.07) is 6.18. The zero-order valence-corrected chi connectivity index (χ0v) is 14.5. The highest BCUT2D eigenvalue weighted by Gasteiger charge is 2.09. The van der Waals surface area contributed by atoms with Crippen molar-refractivity contribution in [2.45, 2.75) is 40.0 Å². The number of nitro groups is 1. The lowest BCUT2D eigenvalue weighted by atomic mass is 10.1. The zero-order chi connectivity index (χ0) is 18.4. The van der Waals surface area contributed by atoms with Crippen molar-refractivity contribution in [1.82, 2.24) is 9.97 Å². The van der Waals surface area contributed by atoms with Crippen LogP contribution in [0, 0.1) is 17.0 Å². The van der Waals surface area contributed by atoms with Crippen LogP contribution in [0.5, 0.6) is 0 Å². The molecule has 0 aliphatic carbocycles. The first-order valence-electron chi connectivity index (χ1n) is 8.07. The van der Waals surface area contributed by atoms with E-state index < -0.39 is 4.92 Å². The number of hydrogen-bond donors (Lipinski definition) is 2. The molecule has 2 rings (SSSR count). The summed E-state index contributed by atoms with van der Waals surface area (Å²) in [5.74, 6) is 0.243. The first-order valence-corrected chi connectivity index (χ1v) is 8.07. The van der Waals surface area contributed by atoms with E-state index in [1.807, 2.05) is 0 Å². The molecule has 0 amide bonds. The van der Waals surface area contributed by atoms with Crippen LogP contribution in [0.15, 0.2) is 34.2 Å². The first-order chi connectivity index (χ1) is 11.9. The summed E-state index contributed by atoms with van der Waals surface area (Å²) >= 11 is 0. The molecule has 0 aliphatic heterocycles. The molecule has 8 nitrogen and oxygen atoms in total. The SMILES string of the molecule is CCCCc1c(C)nc(N/N=C(\C)c2cccc([N+](=O)[O-])c2)[nH]c1=O. The number of anilines is 1. The molecule has 1 aromatic heterocycles. The average molecular weight is 343 g/mol. The molecule has 0 aliphatic rings. The molecular formula is C17H21N5O3. The van der Waals surface area contributed by atoms with Crippen LogP contribution in [-0.4, -0.2) is 20.6 Å². The van der Waals surface area contributed by atoms with Crippen molar-refractivity contribution < 1.29 is 4.92 Å². The van der Waals surface area contributed by atoms with Crippen LogP contribution in [0.4, 0.5) is 11.6 Å². The Balaban J connectivity index is 2.19. The quantitative estimate of drug-likeness (QED) is 0.455. The lowest BCUT2D eigenvalue weighted by Crippen LogP contribution is -2.18. The Morgan fingerprint density at radius 2 is 2.20 bits per heavy atom. The van der Waals surface area contributed by atoms with E-state index in [1.54, 1.807) is 26.0 Å². The van der Waals surface area contributed by atoms with Crippen LogP contribution in [-0.2, 0) is 6.42 Å². The number of H-pyrrole nitrogens is 1. The van der Waals surface area contributed by atoms with Crippen molar-refractivity contribution in [2.24, 2.45) is 5.10 Å². The first kappa shape index (κ1) is 18.3. The third-order valence-electron chi connectivity index (χ3n) is 3.81. The maximum atomic E-state index is 12.1. The Hall–Kier alpha value is -3.03. The maximum Gasteiger partial charge on any atom is 0.270 e. The number of hydrazone groups is 1. The van der Waals surface area contributed by atoms with Crippen molar-refractivity contribution in [1.29, 1.82) is 0 Å². The van der Waals surface area contributed by atoms with Gasteiger partial charge in [0, 0.05) is 29.0 Å². The summed E-state index contributed by atoms with van der Waals surface area (Å²) in [5.41, 5.74) is 5.04. The number of hydrogen-bond acceptors (Lipinski definition) is 6. The van der Waals surface area contributed by atoms with E-state index in [2.05, 4.69) is 27.4 Å². The molecule has 2 aromatic rings. The Morgan fingerprint density at radius 1 is 1.44 bits per heavy atom. The largest absolute Gasteiger partial charge is 0.291 e. The highest BCUT2D eigenvalue weighted by Crippen LogP contribution is 2.14. The lowest BCUT2D eigenvalue weighted by Gasteiger charge is -2.07. The molecule has 0 bridgehead atoms. The number of nitrogens with zero attached hydrogens (tertiary/aromatic N) is 3. The second-order valence-electron chi connectivity index (χ2n) is 5.70. The highest BCUT2D eigenvalue weighted by molar-refractivity contribution is 5.99. The number of nitrogens with one attached hydrogen (secondary N) is 2. The second kappa shape index (κ2) is 8.18. The molecule has 0 unspecified atom stereocenters. The van der Waals surface area contributed by atoms with Crippen LogP contribution in [0.25, 0.3) is 0 Å². The summed E-state index contributed by atoms with van der Waals surface area (Å²) in [7, 11) is 0. The standard InChI is InChI=1S/C17H21N5O3/c1-4-5-9-15-12(3)18-17(19-16(15)23)21-20-11(2)13-7-6-8-14(10-13)22(24)25/h6-8,10H,4-5,9H2,1-3H3,(H2,18,19,21,23)/b20-11+. The van der Waals surface area contributed by atoms with Crippen LogP contribution >= 0.6 is 0 Å². The van der Waals surface area contributed by atoms with E-state index >= 15 is 0 Å². The van der Waals surface area contributed by atoms with Gasteiger partial charge in [-0.25, -0.2) is 10.4 Å². The van der Waals surface area contributed by atoms with Crippen molar-refractivity contribution in [3.8, 4) is 0 Å². The zero-order valence-electron chi connectivity index (χ0n) is 14.5. The minimum atomic E-state index is -0.457. The summed E-state index contributed by atoms with van der Waals surface area (Å²) in [5, 5.41) is 15.0. The van der Waals surface area contributed by atoms with Gasteiger partial charge in [-0.05, 0) is 26.7 Å². The smallest absolute Gasteiger partial charge is 0.270 e. The molecule has 25 heavy (non-hydrogen) atoms. The van der Waals surface area contributed by atoms with Gasteiger partial charge >= 0.3 is 0 Å². The number of nitro benzene ring substituents is 1. The van der Waals surface area contributed by atoms with E-state index in [1.165, 1.54) is 12.1 Å². The normalized spacial score (nSPS) is 11.4. The van der Waals surface area contributed by atoms with Gasteiger partial charge in [0.15, 0.2) is 0 Å². The van der Waals surface area contributed by atoms with Crippen LogP contribution in [0.2, 0.25) is 0 Å². The van der Waals surface area contributed by atoms with Gasteiger partial charge in [0.25, 0.3) is 11.2 Å². The fourth-order valence-electron chi connectivity index (χ4n) is 2.36. The molecule has 8 heteroatoms. The summed E-state index contributed by atoms with van der Waals surface area (Å²) in [6.45, 7) is 5.58. The van der Waals surface area contributed by atoms with E-state index in [-0.39, 0.29) is 17.2 Å². The van der Waals surface area contributed by atoms with Crippen molar-refractivity contribution in [3.63, 3.8) is 0 Å². The molecule has 2 N–H and O–H groups in total. The number of unbranched alkanes of at least 4 members (excludes halogenated alkanes) is 1. The van der Waals surface area contributed by atoms with Gasteiger partial charge < -0.3 is 0 Å². The van der Waals surface area contributed by atoms with Gasteiger partial charge in [0.1, 0.15) is 0 Å². The average Bonchev–Trinajstić information content (AvgIpc) is 2.59. The monoisotopic (exact) mass is 343 g/mol. The van der Waals surface area contributed by atoms with Crippen LogP contribution < -0.4 is 11.0 Å². The highest BCUT2D eigenvalue weighted by atomic mass is 16.6. The Morgan fingerprint density at radius 3 is 2.84 bits per heavy atom. The Bertz CT molecular complexity index is 858. The van der Waals surface area contributed by atoms with Gasteiger partial charge in [-0.2, -0.15) is 5.10 Å². The summed E-state index contributed by atoms with van der Waals surface area (Å²) in [4.78, 5) is 29.5. The Labute approximate surface area is 145 Å². The number of aromatic amines is 1. The van der Waals surface area contributed by atoms with Gasteiger partial charge in [0.2, 0.25) is 5.95 Å². The second-order valence-corrected chi connectivity index (χ2v) is 5.70. The molecule has 0 spiro atoms. The number of benzene rings is 1. The van der Waals surface area contributed by atoms with Gasteiger partial charge in [-0.1, -0.05) is 25.5 Å². The lowest BCUT2D eigenvalue weighted by molar-refractivity contribution is -0.384. The predicted molar refractivity (Wildman–Crippen MR) is 97.1 cm³/mol. The number of rotatable bonds is 7. The molecule has 0 atom stereocenters.